The van der Waals surface area contributed by atoms with Crippen molar-refractivity contribution in [3.05, 3.63) is 53.3 Å². The van der Waals surface area contributed by atoms with Crippen LogP contribution in [0.5, 0.6) is 5.75 Å². The molecular formula is C25H28ClFN2O2. The van der Waals surface area contributed by atoms with Gasteiger partial charge in [-0.2, -0.15) is 0 Å². The summed E-state index contributed by atoms with van der Waals surface area (Å²) in [5.41, 5.74) is 2.57. The summed E-state index contributed by atoms with van der Waals surface area (Å²) in [4.78, 5) is 12.7. The molecule has 0 atom stereocenters. The van der Waals surface area contributed by atoms with Crippen LogP contribution in [0.15, 0.2) is 42.5 Å². The van der Waals surface area contributed by atoms with Gasteiger partial charge in [0.05, 0.1) is 11.6 Å². The minimum Gasteiger partial charge on any atom is -0.490 e. The van der Waals surface area contributed by atoms with E-state index in [-0.39, 0.29) is 23.5 Å². The highest BCUT2D eigenvalue weighted by Gasteiger charge is 2.18. The third-order valence-electron chi connectivity index (χ3n) is 5.65. The lowest BCUT2D eigenvalue weighted by atomic mass is 10.1. The molecule has 0 bridgehead atoms. The highest BCUT2D eigenvalue weighted by Crippen LogP contribution is 2.33. The monoisotopic (exact) mass is 442 g/mol. The van der Waals surface area contributed by atoms with Gasteiger partial charge >= 0.3 is 0 Å². The van der Waals surface area contributed by atoms with Gasteiger partial charge in [0, 0.05) is 23.0 Å². The number of ether oxygens (including phenoxy) is 1. The maximum absolute atomic E-state index is 13.7. The van der Waals surface area contributed by atoms with E-state index in [0.717, 1.165) is 53.8 Å². The minimum atomic E-state index is -0.457. The van der Waals surface area contributed by atoms with Crippen LogP contribution in [-0.4, -0.2) is 29.5 Å². The van der Waals surface area contributed by atoms with Gasteiger partial charge in [0.2, 0.25) is 0 Å². The molecule has 1 aliphatic heterocycles. The lowest BCUT2D eigenvalue weighted by Crippen LogP contribution is -2.34. The van der Waals surface area contributed by atoms with Gasteiger partial charge in [0.1, 0.15) is 17.7 Å². The van der Waals surface area contributed by atoms with Crippen molar-refractivity contribution >= 4 is 28.3 Å². The molecule has 0 saturated carbocycles. The molecule has 1 aromatic heterocycles. The Bertz CT molecular complexity index is 1090. The second-order valence-corrected chi connectivity index (χ2v) is 9.08. The molecule has 0 amide bonds. The van der Waals surface area contributed by atoms with Gasteiger partial charge in [0.25, 0.3) is 0 Å². The Hall–Kier alpha value is -2.37. The molecule has 0 unspecified atom stereocenters. The smallest absolute Gasteiger partial charge is 0.152 e. The first kappa shape index (κ1) is 21.8. The number of hydrogen-bond donors (Lipinski definition) is 1. The molecule has 1 fully saturated rings. The zero-order valence-electron chi connectivity index (χ0n) is 18.0. The number of halogens is 2. The fourth-order valence-corrected chi connectivity index (χ4v) is 4.37. The number of hydrogen-bond acceptors (Lipinski definition) is 3. The number of carbonyl (C=O) groups is 1. The molecule has 2 heterocycles. The summed E-state index contributed by atoms with van der Waals surface area (Å²) in [5.74, 6) is 0.829. The number of rotatable bonds is 7. The predicted molar refractivity (Wildman–Crippen MR) is 123 cm³/mol. The number of aromatic nitrogens is 1. The van der Waals surface area contributed by atoms with E-state index in [0.29, 0.717) is 12.3 Å². The molecule has 0 aliphatic carbocycles. The Labute approximate surface area is 187 Å². The molecule has 2 aromatic carbocycles. The highest BCUT2D eigenvalue weighted by atomic mass is 35.5. The summed E-state index contributed by atoms with van der Waals surface area (Å²) >= 11 is 6.05. The van der Waals surface area contributed by atoms with E-state index in [1.807, 2.05) is 42.7 Å². The molecular weight excluding hydrogens is 415 g/mol. The molecule has 1 aliphatic rings. The van der Waals surface area contributed by atoms with Crippen LogP contribution in [0.25, 0.3) is 22.2 Å². The number of nitrogens with zero attached hydrogens (tertiary/aromatic N) is 1. The second-order valence-electron chi connectivity index (χ2n) is 8.67. The normalized spacial score (nSPS) is 15.0. The number of ketones is 1. The van der Waals surface area contributed by atoms with E-state index in [9.17, 15) is 9.18 Å². The van der Waals surface area contributed by atoms with Crippen molar-refractivity contribution in [3.8, 4) is 17.0 Å². The van der Waals surface area contributed by atoms with Crippen molar-refractivity contribution in [2.24, 2.45) is 5.92 Å². The van der Waals surface area contributed by atoms with Crippen LogP contribution in [0.1, 0.15) is 33.1 Å². The number of nitrogens with one attached hydrogen (secondary N) is 1. The predicted octanol–water partition coefficient (Wildman–Crippen LogP) is 5.85. The first-order valence-corrected chi connectivity index (χ1v) is 11.3. The fourth-order valence-electron chi connectivity index (χ4n) is 4.19. The lowest BCUT2D eigenvalue weighted by molar-refractivity contribution is -0.120. The van der Waals surface area contributed by atoms with Gasteiger partial charge in [-0.05, 0) is 79.9 Å². The van der Waals surface area contributed by atoms with Crippen LogP contribution in [0.2, 0.25) is 5.02 Å². The van der Waals surface area contributed by atoms with Gasteiger partial charge < -0.3 is 14.6 Å². The quantitative estimate of drug-likeness (QED) is 0.499. The van der Waals surface area contributed by atoms with Crippen molar-refractivity contribution in [1.82, 2.24) is 9.88 Å². The Kier molecular flexibility index (Phi) is 6.63. The third-order valence-corrected chi connectivity index (χ3v) is 5.94. The fraction of sp³-hybridized carbons (Fsp3) is 0.400. The van der Waals surface area contributed by atoms with Crippen LogP contribution in [-0.2, 0) is 11.3 Å². The molecule has 1 N–H and O–H groups in total. The van der Waals surface area contributed by atoms with E-state index < -0.39 is 5.82 Å². The summed E-state index contributed by atoms with van der Waals surface area (Å²) in [6.45, 7) is 6.28. The summed E-state index contributed by atoms with van der Waals surface area (Å²) in [6, 6.07) is 12.7. The molecule has 3 aromatic rings. The maximum atomic E-state index is 13.7. The molecule has 6 heteroatoms. The maximum Gasteiger partial charge on any atom is 0.152 e. The van der Waals surface area contributed by atoms with Gasteiger partial charge in [-0.3, -0.25) is 4.79 Å². The molecule has 164 valence electrons. The van der Waals surface area contributed by atoms with Crippen molar-refractivity contribution in [2.45, 2.75) is 45.8 Å². The number of fused-ring (bicyclic) bond motifs is 1. The highest BCUT2D eigenvalue weighted by molar-refractivity contribution is 6.31. The van der Waals surface area contributed by atoms with Crippen LogP contribution >= 0.6 is 11.6 Å². The number of benzene rings is 2. The number of piperidine rings is 1. The summed E-state index contributed by atoms with van der Waals surface area (Å²) in [7, 11) is 0. The number of Topliss-reactive ketones (excluding diaryl/α,β-unsaturated/α-hetero) is 1. The first-order chi connectivity index (χ1) is 14.9. The van der Waals surface area contributed by atoms with E-state index in [4.69, 9.17) is 16.3 Å². The summed E-state index contributed by atoms with van der Waals surface area (Å²) in [5, 5.41) is 4.40. The van der Waals surface area contributed by atoms with E-state index in [1.165, 1.54) is 6.07 Å². The molecule has 1 saturated heterocycles. The molecule has 0 radical (unpaired) electrons. The van der Waals surface area contributed by atoms with Gasteiger partial charge in [-0.15, -0.1) is 0 Å². The van der Waals surface area contributed by atoms with Crippen LogP contribution < -0.4 is 10.1 Å². The van der Waals surface area contributed by atoms with Crippen molar-refractivity contribution in [3.63, 3.8) is 0 Å². The van der Waals surface area contributed by atoms with Gasteiger partial charge in [-0.25, -0.2) is 4.39 Å². The van der Waals surface area contributed by atoms with Crippen LogP contribution in [0.4, 0.5) is 4.39 Å². The Morgan fingerprint density at radius 1 is 1.19 bits per heavy atom. The molecule has 0 spiro atoms. The molecule has 4 rings (SSSR count). The Balaban J connectivity index is 1.72. The first-order valence-electron chi connectivity index (χ1n) is 10.9. The second kappa shape index (κ2) is 9.41. The Morgan fingerprint density at radius 3 is 2.68 bits per heavy atom. The Morgan fingerprint density at radius 2 is 1.97 bits per heavy atom. The molecule has 4 nitrogen and oxygen atoms in total. The minimum absolute atomic E-state index is 0.0674. The van der Waals surface area contributed by atoms with E-state index in [1.54, 1.807) is 12.1 Å². The SMILES string of the molecule is CC(C)CC(=O)Cn1c(-c2ccc(F)c(Cl)c2)cc2cc(OC3CCNCC3)ccc21. The van der Waals surface area contributed by atoms with Crippen LogP contribution in [0, 0.1) is 11.7 Å². The van der Waals surface area contributed by atoms with E-state index >= 15 is 0 Å². The average molecular weight is 443 g/mol. The van der Waals surface area contributed by atoms with Gasteiger partial charge in [-0.1, -0.05) is 25.4 Å². The van der Waals surface area contributed by atoms with Crippen LogP contribution in [0.3, 0.4) is 0 Å². The van der Waals surface area contributed by atoms with E-state index in [2.05, 4.69) is 5.32 Å². The van der Waals surface area contributed by atoms with Crippen molar-refractivity contribution in [2.75, 3.05) is 13.1 Å². The van der Waals surface area contributed by atoms with Crippen molar-refractivity contribution < 1.29 is 13.9 Å². The average Bonchev–Trinajstić information content (AvgIpc) is 3.07. The van der Waals surface area contributed by atoms with Gasteiger partial charge in [0.15, 0.2) is 5.78 Å². The largest absolute Gasteiger partial charge is 0.490 e. The third kappa shape index (κ3) is 5.10. The molecule has 31 heavy (non-hydrogen) atoms. The zero-order valence-corrected chi connectivity index (χ0v) is 18.7. The summed E-state index contributed by atoms with van der Waals surface area (Å²) in [6.07, 6.45) is 2.70. The van der Waals surface area contributed by atoms with Crippen molar-refractivity contribution in [1.29, 1.82) is 0 Å². The zero-order chi connectivity index (χ0) is 22.0. The lowest BCUT2D eigenvalue weighted by Gasteiger charge is -2.23. The summed E-state index contributed by atoms with van der Waals surface area (Å²) < 4.78 is 21.9. The number of carbonyl (C=O) groups excluding carboxylic acids is 1. The topological polar surface area (TPSA) is 43.3 Å². The standard InChI is InChI=1S/C25H28ClFN2O2/c1-16(2)11-19(30)15-29-24-6-4-21(31-20-7-9-28-10-8-20)12-18(24)14-25(29)17-3-5-23(27)22(26)13-17/h3-6,12-14,16,20,28H,7-11,15H2,1-2H3.